The molecule has 2 N–H and O–H groups in total. The van der Waals surface area contributed by atoms with Gasteiger partial charge in [0.05, 0.1) is 30.0 Å². The number of allylic oxidation sites excluding steroid dienone is 3. The van der Waals surface area contributed by atoms with Gasteiger partial charge in [0.1, 0.15) is 5.82 Å². The Bertz CT molecular complexity index is 918. The van der Waals surface area contributed by atoms with Crippen molar-refractivity contribution in [2.45, 2.75) is 38.1 Å². The van der Waals surface area contributed by atoms with E-state index in [2.05, 4.69) is 47.0 Å². The van der Waals surface area contributed by atoms with Gasteiger partial charge in [-0.2, -0.15) is 0 Å². The zero-order chi connectivity index (χ0) is 19.0. The van der Waals surface area contributed by atoms with Crippen LogP contribution in [0.5, 0.6) is 0 Å². The van der Waals surface area contributed by atoms with Crippen LogP contribution >= 0.6 is 0 Å². The van der Waals surface area contributed by atoms with Crippen molar-refractivity contribution in [1.82, 2.24) is 9.97 Å². The van der Waals surface area contributed by atoms with Crippen molar-refractivity contribution in [3.05, 3.63) is 71.7 Å². The molecule has 1 aromatic carbocycles. The van der Waals surface area contributed by atoms with Gasteiger partial charge >= 0.3 is 5.97 Å². The molecule has 0 bridgehead atoms. The van der Waals surface area contributed by atoms with E-state index in [9.17, 15) is 4.79 Å². The van der Waals surface area contributed by atoms with Gasteiger partial charge in [0, 0.05) is 5.92 Å². The van der Waals surface area contributed by atoms with E-state index >= 15 is 0 Å². The van der Waals surface area contributed by atoms with Gasteiger partial charge < -0.3 is 10.4 Å². The second-order valence-electron chi connectivity index (χ2n) is 7.31. The van der Waals surface area contributed by atoms with Gasteiger partial charge in [-0.05, 0) is 48.4 Å². The molecule has 1 heterocycles. The highest BCUT2D eigenvalue weighted by Crippen LogP contribution is 2.46. The summed E-state index contributed by atoms with van der Waals surface area (Å²) >= 11 is 0. The number of rotatable bonds is 6. The number of hydrogen-bond donors (Lipinski definition) is 2. The molecule has 0 radical (unpaired) electrons. The van der Waals surface area contributed by atoms with Crippen LogP contribution in [-0.4, -0.2) is 21.0 Å². The Morgan fingerprint density at radius 3 is 2.85 bits per heavy atom. The quantitative estimate of drug-likeness (QED) is 0.748. The first-order valence-electron chi connectivity index (χ1n) is 9.31. The fourth-order valence-electron chi connectivity index (χ4n) is 4.02. The summed E-state index contributed by atoms with van der Waals surface area (Å²) in [4.78, 5) is 19.9. The van der Waals surface area contributed by atoms with E-state index in [0.29, 0.717) is 6.42 Å². The molecule has 3 unspecified atom stereocenters. The van der Waals surface area contributed by atoms with Gasteiger partial charge in [-0.25, -0.2) is 4.98 Å². The minimum absolute atomic E-state index is 0.0124. The largest absolute Gasteiger partial charge is 0.481 e. The Morgan fingerprint density at radius 1 is 1.33 bits per heavy atom. The van der Waals surface area contributed by atoms with Crippen LogP contribution in [0.3, 0.4) is 0 Å². The zero-order valence-electron chi connectivity index (χ0n) is 15.4. The fourth-order valence-corrected chi connectivity index (χ4v) is 4.02. The summed E-state index contributed by atoms with van der Waals surface area (Å²) in [5.41, 5.74) is 5.98. The average molecular weight is 361 g/mol. The smallest absolute Gasteiger partial charge is 0.307 e. The number of anilines is 1. The molecule has 3 atom stereocenters. The zero-order valence-corrected chi connectivity index (χ0v) is 15.4. The number of carboxylic acids is 1. The first-order chi connectivity index (χ1) is 13.1. The maximum atomic E-state index is 11.0. The maximum Gasteiger partial charge on any atom is 0.307 e. The van der Waals surface area contributed by atoms with E-state index in [1.54, 1.807) is 12.4 Å². The Morgan fingerprint density at radius 2 is 2.19 bits per heavy atom. The Labute approximate surface area is 158 Å². The molecule has 0 amide bonds. The van der Waals surface area contributed by atoms with E-state index in [-0.39, 0.29) is 17.9 Å². The van der Waals surface area contributed by atoms with Crippen LogP contribution < -0.4 is 5.32 Å². The van der Waals surface area contributed by atoms with Gasteiger partial charge in [-0.1, -0.05) is 36.9 Å². The molecule has 138 valence electrons. The third kappa shape index (κ3) is 3.37. The Kier molecular flexibility index (Phi) is 4.52. The number of fused-ring (bicyclic) bond motifs is 1. The number of hydrogen-bond acceptors (Lipinski definition) is 4. The summed E-state index contributed by atoms with van der Waals surface area (Å²) in [7, 11) is 0. The summed E-state index contributed by atoms with van der Waals surface area (Å²) in [6.45, 7) is 5.91. The van der Waals surface area contributed by atoms with Gasteiger partial charge in [0.15, 0.2) is 0 Å². The Hall–Kier alpha value is -2.95. The molecule has 27 heavy (non-hydrogen) atoms. The lowest BCUT2D eigenvalue weighted by molar-refractivity contribution is -0.138. The van der Waals surface area contributed by atoms with Crippen molar-refractivity contribution in [2.24, 2.45) is 5.92 Å². The fraction of sp³-hybridized carbons (Fsp3) is 0.318. The summed E-state index contributed by atoms with van der Waals surface area (Å²) < 4.78 is 0. The van der Waals surface area contributed by atoms with Gasteiger partial charge in [-0.15, -0.1) is 0 Å². The topological polar surface area (TPSA) is 75.1 Å². The van der Waals surface area contributed by atoms with Crippen LogP contribution in [0.4, 0.5) is 5.82 Å². The molecular weight excluding hydrogens is 338 g/mol. The van der Waals surface area contributed by atoms with E-state index in [0.717, 1.165) is 24.4 Å². The predicted molar refractivity (Wildman–Crippen MR) is 105 cm³/mol. The number of aromatic nitrogens is 2. The average Bonchev–Trinajstić information content (AvgIpc) is 3.38. The van der Waals surface area contributed by atoms with Crippen LogP contribution in [0, 0.1) is 5.92 Å². The number of carbonyl (C=O) groups is 1. The molecule has 1 saturated carbocycles. The van der Waals surface area contributed by atoms with Crippen LogP contribution in [-0.2, 0) is 11.2 Å². The number of aliphatic carboxylic acids is 1. The molecule has 0 saturated heterocycles. The standard InChI is InChI=1S/C22H23N3O2/c1-3-5-13(2)14-6-4-7-16-15(14)8-9-19(16)25-21-12-23-20(11-24-21)17-10-18(17)22(26)27/h3-7,11-12,17-19H,1,8-10H2,2H3,(H,24,25)(H,26,27)/b13-5+. The number of carboxylic acid groups (broad SMARTS) is 1. The van der Waals surface area contributed by atoms with E-state index in [1.807, 2.05) is 12.2 Å². The van der Waals surface area contributed by atoms with Gasteiger partial charge in [0.25, 0.3) is 0 Å². The number of benzene rings is 1. The lowest BCUT2D eigenvalue weighted by Crippen LogP contribution is -2.09. The number of nitrogens with zero attached hydrogens (tertiary/aromatic N) is 2. The van der Waals surface area contributed by atoms with Gasteiger partial charge in [0.2, 0.25) is 0 Å². The second kappa shape index (κ2) is 6.99. The molecule has 2 aromatic rings. The van der Waals surface area contributed by atoms with E-state index in [4.69, 9.17) is 5.11 Å². The van der Waals surface area contributed by atoms with E-state index < -0.39 is 5.97 Å². The molecule has 2 aliphatic rings. The molecule has 5 heteroatoms. The number of nitrogens with one attached hydrogen (secondary N) is 1. The summed E-state index contributed by atoms with van der Waals surface area (Å²) in [6.07, 6.45) is 10.00. The van der Waals surface area contributed by atoms with Crippen molar-refractivity contribution in [3.8, 4) is 0 Å². The molecule has 2 aliphatic carbocycles. The van der Waals surface area contributed by atoms with Crippen LogP contribution in [0.25, 0.3) is 5.57 Å². The van der Waals surface area contributed by atoms with Crippen molar-refractivity contribution >= 4 is 17.4 Å². The SMILES string of the molecule is C=C/C=C(\C)c1cccc2c1CCC2Nc1cnc(C2CC2C(=O)O)cn1. The van der Waals surface area contributed by atoms with Crippen LogP contribution in [0.1, 0.15) is 54.1 Å². The van der Waals surface area contributed by atoms with Crippen molar-refractivity contribution in [2.75, 3.05) is 5.32 Å². The molecule has 4 rings (SSSR count). The second-order valence-corrected chi connectivity index (χ2v) is 7.31. The lowest BCUT2D eigenvalue weighted by Gasteiger charge is -2.16. The molecule has 0 aliphatic heterocycles. The lowest BCUT2D eigenvalue weighted by atomic mass is 9.97. The van der Waals surface area contributed by atoms with Gasteiger partial charge in [-0.3, -0.25) is 9.78 Å². The highest BCUT2D eigenvalue weighted by molar-refractivity contribution is 5.75. The molecule has 1 fully saturated rings. The highest BCUT2D eigenvalue weighted by atomic mass is 16.4. The minimum atomic E-state index is -0.747. The third-order valence-corrected chi connectivity index (χ3v) is 5.54. The van der Waals surface area contributed by atoms with Crippen molar-refractivity contribution in [3.63, 3.8) is 0 Å². The normalized spacial score (nSPS) is 23.6. The Balaban J connectivity index is 1.50. The summed E-state index contributed by atoms with van der Waals surface area (Å²) in [5, 5.41) is 12.5. The van der Waals surface area contributed by atoms with E-state index in [1.165, 1.54) is 22.3 Å². The predicted octanol–water partition coefficient (Wildman–Crippen LogP) is 4.35. The van der Waals surface area contributed by atoms with Crippen molar-refractivity contribution in [1.29, 1.82) is 0 Å². The summed E-state index contributed by atoms with van der Waals surface area (Å²) in [6, 6.07) is 6.65. The first kappa shape index (κ1) is 17.5. The molecule has 1 aromatic heterocycles. The minimum Gasteiger partial charge on any atom is -0.481 e. The molecule has 0 spiro atoms. The highest BCUT2D eigenvalue weighted by Gasteiger charge is 2.45. The third-order valence-electron chi connectivity index (χ3n) is 5.54. The van der Waals surface area contributed by atoms with Crippen LogP contribution in [0.15, 0.2) is 49.3 Å². The molecule has 5 nitrogen and oxygen atoms in total. The van der Waals surface area contributed by atoms with Crippen LogP contribution in [0.2, 0.25) is 0 Å². The maximum absolute atomic E-state index is 11.0. The summed E-state index contributed by atoms with van der Waals surface area (Å²) in [5.74, 6) is -0.306. The first-order valence-corrected chi connectivity index (χ1v) is 9.31. The van der Waals surface area contributed by atoms with Crippen molar-refractivity contribution < 1.29 is 9.90 Å². The monoisotopic (exact) mass is 361 g/mol. The molecular formula is C22H23N3O2.